The van der Waals surface area contributed by atoms with Crippen LogP contribution in [0.25, 0.3) is 11.3 Å². The normalized spacial score (nSPS) is 10.1. The Labute approximate surface area is 133 Å². The van der Waals surface area contributed by atoms with Crippen LogP contribution in [0.3, 0.4) is 0 Å². The highest BCUT2D eigenvalue weighted by atomic mass is 32.2. The van der Waals surface area contributed by atoms with Crippen molar-refractivity contribution in [1.29, 1.82) is 5.26 Å². The molecule has 1 aromatic heterocycles. The van der Waals surface area contributed by atoms with Crippen molar-refractivity contribution in [2.75, 3.05) is 13.4 Å². The second-order valence-electron chi connectivity index (χ2n) is 4.21. The fourth-order valence-corrected chi connectivity index (χ4v) is 2.26. The van der Waals surface area contributed by atoms with E-state index in [1.165, 1.54) is 7.11 Å². The second kappa shape index (κ2) is 6.37. The van der Waals surface area contributed by atoms with Gasteiger partial charge in [0.25, 0.3) is 11.2 Å². The van der Waals surface area contributed by atoms with Gasteiger partial charge in [-0.3, -0.25) is 14.9 Å². The average Bonchev–Trinajstić information content (AvgIpc) is 2.54. The third-order valence-electron chi connectivity index (χ3n) is 2.95. The number of nitrogens with one attached hydrogen (secondary N) is 1. The number of nitro benzene ring substituents is 1. The van der Waals surface area contributed by atoms with Gasteiger partial charge in [-0.25, -0.2) is 4.98 Å². The standard InChI is InChI=1S/C13H10N4O5S/c1-22-9-4-6(17(20)21)3-7(11(9)18)10-8(5-14)12(19)16-13(15-10)23-2/h3-4,18H,1-2H3,(H,15,16,19). The van der Waals surface area contributed by atoms with Crippen molar-refractivity contribution in [3.8, 4) is 28.8 Å². The first-order valence-corrected chi connectivity index (χ1v) is 7.29. The number of rotatable bonds is 4. The van der Waals surface area contributed by atoms with Gasteiger partial charge in [0.2, 0.25) is 0 Å². The minimum Gasteiger partial charge on any atom is -0.504 e. The molecule has 23 heavy (non-hydrogen) atoms. The van der Waals surface area contributed by atoms with E-state index >= 15 is 0 Å². The van der Waals surface area contributed by atoms with Crippen LogP contribution in [-0.4, -0.2) is 33.4 Å². The highest BCUT2D eigenvalue weighted by Gasteiger charge is 2.23. The van der Waals surface area contributed by atoms with Gasteiger partial charge in [-0.1, -0.05) is 11.8 Å². The fourth-order valence-electron chi connectivity index (χ4n) is 1.88. The number of phenols is 1. The third kappa shape index (κ3) is 2.95. The first kappa shape index (κ1) is 16.3. The predicted molar refractivity (Wildman–Crippen MR) is 81.7 cm³/mol. The molecule has 1 heterocycles. The summed E-state index contributed by atoms with van der Waals surface area (Å²) >= 11 is 1.11. The van der Waals surface area contributed by atoms with Gasteiger partial charge in [0.15, 0.2) is 16.7 Å². The molecule has 0 unspecified atom stereocenters. The van der Waals surface area contributed by atoms with E-state index in [4.69, 9.17) is 10.00 Å². The number of aromatic nitrogens is 2. The molecule has 2 N–H and O–H groups in total. The maximum Gasteiger partial charge on any atom is 0.274 e. The van der Waals surface area contributed by atoms with Crippen molar-refractivity contribution in [1.82, 2.24) is 9.97 Å². The minimum atomic E-state index is -0.702. The number of ether oxygens (including phenoxy) is 1. The fraction of sp³-hybridized carbons (Fsp3) is 0.154. The van der Waals surface area contributed by atoms with E-state index in [1.807, 2.05) is 0 Å². The lowest BCUT2D eigenvalue weighted by Crippen LogP contribution is -2.14. The van der Waals surface area contributed by atoms with Gasteiger partial charge < -0.3 is 14.8 Å². The summed E-state index contributed by atoms with van der Waals surface area (Å²) in [6.45, 7) is 0. The van der Waals surface area contributed by atoms with Crippen molar-refractivity contribution >= 4 is 17.4 Å². The number of hydrogen-bond acceptors (Lipinski definition) is 8. The van der Waals surface area contributed by atoms with Gasteiger partial charge in [-0.2, -0.15) is 5.26 Å². The van der Waals surface area contributed by atoms with Crippen molar-refractivity contribution in [3.63, 3.8) is 0 Å². The Hall–Kier alpha value is -3.06. The van der Waals surface area contributed by atoms with E-state index in [2.05, 4.69) is 9.97 Å². The zero-order valence-electron chi connectivity index (χ0n) is 12.0. The molecule has 0 amide bonds. The molecule has 0 radical (unpaired) electrons. The molecule has 118 valence electrons. The van der Waals surface area contributed by atoms with Gasteiger partial charge in [0.1, 0.15) is 17.3 Å². The zero-order valence-corrected chi connectivity index (χ0v) is 12.8. The van der Waals surface area contributed by atoms with Gasteiger partial charge in [-0.05, 0) is 6.26 Å². The summed E-state index contributed by atoms with van der Waals surface area (Å²) < 4.78 is 4.90. The first-order valence-electron chi connectivity index (χ1n) is 6.07. The molecule has 9 nitrogen and oxygen atoms in total. The van der Waals surface area contributed by atoms with Crippen molar-refractivity contribution in [2.24, 2.45) is 0 Å². The molecule has 0 saturated carbocycles. The maximum atomic E-state index is 11.9. The molecular formula is C13H10N4O5S. The lowest BCUT2D eigenvalue weighted by Gasteiger charge is -2.10. The number of benzene rings is 1. The summed E-state index contributed by atoms with van der Waals surface area (Å²) in [5.41, 5.74) is -1.72. The van der Waals surface area contributed by atoms with Gasteiger partial charge in [0, 0.05) is 6.07 Å². The highest BCUT2D eigenvalue weighted by molar-refractivity contribution is 7.98. The number of non-ortho nitro benzene ring substituents is 1. The Bertz CT molecular complexity index is 887. The number of nitro groups is 1. The summed E-state index contributed by atoms with van der Waals surface area (Å²) in [6, 6.07) is 3.76. The molecule has 2 aromatic rings. The minimum absolute atomic E-state index is 0.131. The molecule has 1 aromatic carbocycles. The van der Waals surface area contributed by atoms with Crippen molar-refractivity contribution in [2.45, 2.75) is 5.16 Å². The number of aromatic hydroxyl groups is 1. The van der Waals surface area contributed by atoms with Crippen molar-refractivity contribution in [3.05, 3.63) is 38.2 Å². The smallest absolute Gasteiger partial charge is 0.274 e. The van der Waals surface area contributed by atoms with Gasteiger partial charge in [0.05, 0.1) is 23.7 Å². The molecule has 0 fully saturated rings. The van der Waals surface area contributed by atoms with E-state index in [-0.39, 0.29) is 33.4 Å². The van der Waals surface area contributed by atoms with Crippen LogP contribution >= 0.6 is 11.8 Å². The SMILES string of the molecule is COc1cc([N+](=O)[O-])cc(-c2nc(SC)[nH]c(=O)c2C#N)c1O. The number of phenolic OH excluding ortho intramolecular Hbond substituents is 1. The first-order chi connectivity index (χ1) is 10.9. The lowest BCUT2D eigenvalue weighted by atomic mass is 10.0. The van der Waals surface area contributed by atoms with Crippen molar-refractivity contribution < 1.29 is 14.8 Å². The Morgan fingerprint density at radius 1 is 1.52 bits per heavy atom. The molecule has 2 rings (SSSR count). The number of nitriles is 1. The Kier molecular flexibility index (Phi) is 4.52. The Morgan fingerprint density at radius 2 is 2.22 bits per heavy atom. The summed E-state index contributed by atoms with van der Waals surface area (Å²) in [5, 5.41) is 30.6. The quantitative estimate of drug-likeness (QED) is 0.372. The van der Waals surface area contributed by atoms with Crippen LogP contribution in [-0.2, 0) is 0 Å². The number of hydrogen-bond donors (Lipinski definition) is 2. The number of nitrogens with zero attached hydrogens (tertiary/aromatic N) is 3. The maximum absolute atomic E-state index is 11.9. The Morgan fingerprint density at radius 3 is 2.74 bits per heavy atom. The van der Waals surface area contributed by atoms with E-state index in [9.17, 15) is 20.0 Å². The van der Waals surface area contributed by atoms with Gasteiger partial charge >= 0.3 is 0 Å². The van der Waals surface area contributed by atoms with E-state index < -0.39 is 16.2 Å². The van der Waals surface area contributed by atoms with E-state index in [0.29, 0.717) is 0 Å². The molecule has 0 spiro atoms. The van der Waals surface area contributed by atoms with Crippen LogP contribution in [0.2, 0.25) is 0 Å². The molecule has 10 heteroatoms. The molecule has 0 saturated heterocycles. The molecule has 0 atom stereocenters. The van der Waals surface area contributed by atoms with Gasteiger partial charge in [-0.15, -0.1) is 0 Å². The topological polar surface area (TPSA) is 142 Å². The average molecular weight is 334 g/mol. The second-order valence-corrected chi connectivity index (χ2v) is 5.01. The number of aromatic amines is 1. The summed E-state index contributed by atoms with van der Waals surface area (Å²) in [7, 11) is 1.23. The summed E-state index contributed by atoms with van der Waals surface area (Å²) in [5.74, 6) is -0.606. The number of thioether (sulfide) groups is 1. The van der Waals surface area contributed by atoms with E-state index in [0.717, 1.165) is 23.9 Å². The zero-order chi connectivity index (χ0) is 17.1. The number of H-pyrrole nitrogens is 1. The Balaban J connectivity index is 2.88. The predicted octanol–water partition coefficient (Wildman–Crippen LogP) is 1.65. The summed E-state index contributed by atoms with van der Waals surface area (Å²) in [6.07, 6.45) is 1.65. The third-order valence-corrected chi connectivity index (χ3v) is 3.53. The molecule has 0 aliphatic rings. The van der Waals surface area contributed by atoms with Crippen LogP contribution in [0.5, 0.6) is 11.5 Å². The monoisotopic (exact) mass is 334 g/mol. The largest absolute Gasteiger partial charge is 0.504 e. The van der Waals surface area contributed by atoms with E-state index in [1.54, 1.807) is 12.3 Å². The lowest BCUT2D eigenvalue weighted by molar-refractivity contribution is -0.384. The van der Waals surface area contributed by atoms with Crippen LogP contribution in [0, 0.1) is 21.4 Å². The van der Waals surface area contributed by atoms with Crippen LogP contribution in [0.15, 0.2) is 22.1 Å². The highest BCUT2D eigenvalue weighted by Crippen LogP contribution is 2.40. The molecule has 0 aliphatic carbocycles. The molecular weight excluding hydrogens is 324 g/mol. The summed E-state index contributed by atoms with van der Waals surface area (Å²) in [4.78, 5) is 28.7. The van der Waals surface area contributed by atoms with Crippen LogP contribution < -0.4 is 10.3 Å². The molecule has 0 bridgehead atoms. The van der Waals surface area contributed by atoms with Crippen LogP contribution in [0.1, 0.15) is 5.56 Å². The molecule has 0 aliphatic heterocycles. The number of methoxy groups -OCH3 is 1. The van der Waals surface area contributed by atoms with Crippen LogP contribution in [0.4, 0.5) is 5.69 Å².